The molecule has 2 aliphatic heterocycles. The van der Waals surface area contributed by atoms with Crippen molar-refractivity contribution in [3.8, 4) is 5.75 Å². The number of fused-ring (bicyclic) bond motifs is 1. The summed E-state index contributed by atoms with van der Waals surface area (Å²) >= 11 is 0. The number of nitrogens with one attached hydrogen (secondary N) is 1. The number of anilines is 1. The van der Waals surface area contributed by atoms with E-state index in [1.165, 1.54) is 0 Å². The Kier molecular flexibility index (Phi) is 3.25. The van der Waals surface area contributed by atoms with Crippen molar-refractivity contribution in [2.75, 3.05) is 25.0 Å². The summed E-state index contributed by atoms with van der Waals surface area (Å²) in [6.07, 6.45) is 0.0864. The molecule has 2 N–H and O–H groups in total. The molecule has 0 aromatic heterocycles. The first-order valence-electron chi connectivity index (χ1n) is 6.60. The highest BCUT2D eigenvalue weighted by atomic mass is 16.5. The third kappa shape index (κ3) is 2.67. The number of amides is 2. The van der Waals surface area contributed by atoms with Crippen LogP contribution < -0.4 is 10.1 Å². The van der Waals surface area contributed by atoms with E-state index in [2.05, 4.69) is 5.32 Å². The van der Waals surface area contributed by atoms with Crippen molar-refractivity contribution in [3.63, 3.8) is 0 Å². The SMILES string of the molecule is O=C(O)CC1CN(C(=O)c2ccc3c(c2)OCC(=O)N3)C1. The zero-order valence-electron chi connectivity index (χ0n) is 11.2. The molecule has 2 amide bonds. The normalized spacial score (nSPS) is 17.3. The van der Waals surface area contributed by atoms with Gasteiger partial charge in [0.05, 0.1) is 12.1 Å². The van der Waals surface area contributed by atoms with Crippen LogP contribution in [-0.2, 0) is 9.59 Å². The van der Waals surface area contributed by atoms with Gasteiger partial charge in [0, 0.05) is 24.6 Å². The quantitative estimate of drug-likeness (QED) is 0.848. The van der Waals surface area contributed by atoms with E-state index in [0.29, 0.717) is 30.1 Å². The van der Waals surface area contributed by atoms with E-state index >= 15 is 0 Å². The van der Waals surface area contributed by atoms with Crippen molar-refractivity contribution in [2.45, 2.75) is 6.42 Å². The van der Waals surface area contributed by atoms with Crippen LogP contribution in [0.2, 0.25) is 0 Å². The molecule has 1 aromatic carbocycles. The van der Waals surface area contributed by atoms with Gasteiger partial charge in [0.15, 0.2) is 6.61 Å². The zero-order chi connectivity index (χ0) is 15.0. The Morgan fingerprint density at radius 1 is 1.38 bits per heavy atom. The molecule has 0 bridgehead atoms. The number of carboxylic acids is 1. The van der Waals surface area contributed by atoms with Crippen LogP contribution in [0, 0.1) is 5.92 Å². The van der Waals surface area contributed by atoms with Crippen LogP contribution in [0.4, 0.5) is 5.69 Å². The highest BCUT2D eigenvalue weighted by Gasteiger charge is 2.33. The molecular formula is C14H14N2O5. The molecular weight excluding hydrogens is 276 g/mol. The fraction of sp³-hybridized carbons (Fsp3) is 0.357. The maximum Gasteiger partial charge on any atom is 0.303 e. The number of aliphatic carboxylic acids is 1. The third-order valence-corrected chi connectivity index (χ3v) is 3.57. The molecule has 1 saturated heterocycles. The highest BCUT2D eigenvalue weighted by Crippen LogP contribution is 2.30. The number of carboxylic acid groups (broad SMARTS) is 1. The minimum Gasteiger partial charge on any atom is -0.482 e. The van der Waals surface area contributed by atoms with Crippen LogP contribution in [0.1, 0.15) is 16.8 Å². The summed E-state index contributed by atoms with van der Waals surface area (Å²) in [5.41, 5.74) is 1.02. The predicted molar refractivity (Wildman–Crippen MR) is 72.2 cm³/mol. The number of likely N-dealkylation sites (tertiary alicyclic amines) is 1. The maximum atomic E-state index is 12.2. The molecule has 7 heteroatoms. The number of ether oxygens (including phenoxy) is 1. The third-order valence-electron chi connectivity index (χ3n) is 3.57. The molecule has 0 radical (unpaired) electrons. The van der Waals surface area contributed by atoms with Gasteiger partial charge < -0.3 is 20.1 Å². The van der Waals surface area contributed by atoms with Crippen molar-refractivity contribution in [1.82, 2.24) is 4.90 Å². The van der Waals surface area contributed by atoms with Crippen molar-refractivity contribution in [1.29, 1.82) is 0 Å². The van der Waals surface area contributed by atoms with E-state index in [1.54, 1.807) is 23.1 Å². The van der Waals surface area contributed by atoms with E-state index < -0.39 is 5.97 Å². The standard InChI is InChI=1S/C14H14N2O5/c17-12-7-21-11-4-9(1-2-10(11)15-12)14(20)16-5-8(6-16)3-13(18)19/h1-2,4,8H,3,5-7H2,(H,15,17)(H,18,19). The van der Waals surface area contributed by atoms with Gasteiger partial charge in [-0.25, -0.2) is 0 Å². The second kappa shape index (κ2) is 5.08. The monoisotopic (exact) mass is 290 g/mol. The van der Waals surface area contributed by atoms with Crippen LogP contribution in [0.3, 0.4) is 0 Å². The number of rotatable bonds is 3. The van der Waals surface area contributed by atoms with Gasteiger partial charge >= 0.3 is 5.97 Å². The van der Waals surface area contributed by atoms with Gasteiger partial charge in [-0.05, 0) is 18.2 Å². The Morgan fingerprint density at radius 3 is 2.86 bits per heavy atom. The van der Waals surface area contributed by atoms with Gasteiger partial charge in [0.2, 0.25) is 0 Å². The summed E-state index contributed by atoms with van der Waals surface area (Å²) in [5, 5.41) is 11.3. The van der Waals surface area contributed by atoms with Crippen molar-refractivity contribution in [3.05, 3.63) is 23.8 Å². The second-order valence-electron chi connectivity index (χ2n) is 5.22. The lowest BCUT2D eigenvalue weighted by Gasteiger charge is -2.38. The molecule has 7 nitrogen and oxygen atoms in total. The lowest BCUT2D eigenvalue weighted by atomic mass is 9.95. The summed E-state index contributed by atoms with van der Waals surface area (Å²) in [6, 6.07) is 4.86. The predicted octanol–water partition coefficient (Wildman–Crippen LogP) is 0.564. The summed E-state index contributed by atoms with van der Waals surface area (Å²) in [4.78, 5) is 35.6. The Labute approximate surface area is 120 Å². The van der Waals surface area contributed by atoms with Gasteiger partial charge in [0.25, 0.3) is 11.8 Å². The molecule has 2 aliphatic rings. The van der Waals surface area contributed by atoms with Crippen molar-refractivity contribution < 1.29 is 24.2 Å². The molecule has 0 unspecified atom stereocenters. The molecule has 0 atom stereocenters. The Bertz CT molecular complexity index is 622. The smallest absolute Gasteiger partial charge is 0.303 e. The molecule has 21 heavy (non-hydrogen) atoms. The van der Waals surface area contributed by atoms with Gasteiger partial charge in [-0.15, -0.1) is 0 Å². The van der Waals surface area contributed by atoms with E-state index in [9.17, 15) is 14.4 Å². The van der Waals surface area contributed by atoms with Crippen LogP contribution in [-0.4, -0.2) is 47.5 Å². The minimum atomic E-state index is -0.843. The molecule has 3 rings (SSSR count). The molecule has 110 valence electrons. The van der Waals surface area contributed by atoms with Gasteiger partial charge in [-0.3, -0.25) is 14.4 Å². The fourth-order valence-electron chi connectivity index (χ4n) is 2.50. The van der Waals surface area contributed by atoms with E-state index in [-0.39, 0.29) is 30.8 Å². The molecule has 0 aliphatic carbocycles. The largest absolute Gasteiger partial charge is 0.482 e. The lowest BCUT2D eigenvalue weighted by Crippen LogP contribution is -2.50. The summed E-state index contributed by atoms with van der Waals surface area (Å²) in [5.74, 6) is -0.714. The van der Waals surface area contributed by atoms with E-state index in [1.807, 2.05) is 0 Å². The van der Waals surface area contributed by atoms with Gasteiger partial charge in [0.1, 0.15) is 5.75 Å². The number of nitrogens with zero attached hydrogens (tertiary/aromatic N) is 1. The van der Waals surface area contributed by atoms with Crippen molar-refractivity contribution in [2.24, 2.45) is 5.92 Å². The summed E-state index contributed by atoms with van der Waals surface area (Å²) in [7, 11) is 0. The molecule has 1 aromatic rings. The van der Waals surface area contributed by atoms with Gasteiger partial charge in [-0.1, -0.05) is 0 Å². The molecule has 0 saturated carbocycles. The Hall–Kier alpha value is -2.57. The Morgan fingerprint density at radius 2 is 2.14 bits per heavy atom. The maximum absolute atomic E-state index is 12.2. The molecule has 2 heterocycles. The van der Waals surface area contributed by atoms with Crippen LogP contribution in [0.5, 0.6) is 5.75 Å². The Balaban J connectivity index is 1.67. The van der Waals surface area contributed by atoms with Crippen molar-refractivity contribution >= 4 is 23.5 Å². The van der Waals surface area contributed by atoms with E-state index in [4.69, 9.17) is 9.84 Å². The summed E-state index contributed by atoms with van der Waals surface area (Å²) in [6.45, 7) is 0.856. The topological polar surface area (TPSA) is 95.9 Å². The first-order valence-corrected chi connectivity index (χ1v) is 6.60. The average Bonchev–Trinajstić information content (AvgIpc) is 2.41. The lowest BCUT2D eigenvalue weighted by molar-refractivity contribution is -0.139. The fourth-order valence-corrected chi connectivity index (χ4v) is 2.50. The van der Waals surface area contributed by atoms with E-state index in [0.717, 1.165) is 0 Å². The van der Waals surface area contributed by atoms with Crippen LogP contribution >= 0.6 is 0 Å². The number of carbonyl (C=O) groups is 3. The molecule has 1 fully saturated rings. The number of carbonyl (C=O) groups excluding carboxylic acids is 2. The average molecular weight is 290 g/mol. The number of hydrogen-bond acceptors (Lipinski definition) is 4. The summed E-state index contributed by atoms with van der Waals surface area (Å²) < 4.78 is 5.27. The zero-order valence-corrected chi connectivity index (χ0v) is 11.2. The number of hydrogen-bond donors (Lipinski definition) is 2. The first-order chi connectivity index (χ1) is 10.0. The minimum absolute atomic E-state index is 0.0274. The van der Waals surface area contributed by atoms with Crippen LogP contribution in [0.15, 0.2) is 18.2 Å². The second-order valence-corrected chi connectivity index (χ2v) is 5.22. The highest BCUT2D eigenvalue weighted by molar-refractivity contribution is 5.99. The van der Waals surface area contributed by atoms with Crippen LogP contribution in [0.25, 0.3) is 0 Å². The number of benzene rings is 1. The molecule has 0 spiro atoms. The van der Waals surface area contributed by atoms with Gasteiger partial charge in [-0.2, -0.15) is 0 Å². The first kappa shape index (κ1) is 13.4.